The molecule has 0 spiro atoms. The Morgan fingerprint density at radius 2 is 1.27 bits per heavy atom. The van der Waals surface area contributed by atoms with Gasteiger partial charge in [-0.05, 0) is 65.9 Å². The monoisotopic (exact) mass is 652 g/mol. The molecule has 0 unspecified atom stereocenters. The third-order valence-electron chi connectivity index (χ3n) is 7.95. The van der Waals surface area contributed by atoms with Crippen LogP contribution in [0.25, 0.3) is 0 Å². The van der Waals surface area contributed by atoms with Gasteiger partial charge >= 0.3 is 5.97 Å². The zero-order valence-electron chi connectivity index (χ0n) is 28.0. The molecule has 4 rings (SSSR count). The number of benzene rings is 4. The van der Waals surface area contributed by atoms with Crippen LogP contribution in [0.1, 0.15) is 72.1 Å². The number of esters is 1. The van der Waals surface area contributed by atoms with Crippen LogP contribution in [0, 0.1) is 0 Å². The molecular weight excluding hydrogens is 608 g/mol. The summed E-state index contributed by atoms with van der Waals surface area (Å²) >= 11 is 0. The first-order valence-corrected chi connectivity index (χ1v) is 16.1. The molecule has 0 radical (unpaired) electrons. The molecule has 2 amide bonds. The molecule has 0 bridgehead atoms. The number of methoxy groups -OCH3 is 2. The van der Waals surface area contributed by atoms with Crippen LogP contribution in [0.2, 0.25) is 0 Å². The van der Waals surface area contributed by atoms with E-state index in [-0.39, 0.29) is 18.4 Å². The fourth-order valence-corrected chi connectivity index (χ4v) is 5.55. The van der Waals surface area contributed by atoms with E-state index in [9.17, 15) is 14.4 Å². The molecule has 0 aliphatic heterocycles. The number of unbranched alkanes of at least 4 members (excludes halogenated alkanes) is 3. The Morgan fingerprint density at radius 1 is 0.688 bits per heavy atom. The number of carbonyl (C=O) groups excluding carboxylic acids is 3. The number of hydrogen-bond acceptors (Lipinski definition) is 7. The highest BCUT2D eigenvalue weighted by molar-refractivity contribution is 5.98. The standard InChI is InChI=1S/C39H44N2O7/c1-28(42)41-34-19-14-30(27-47-29(2)43)37(26-34)38(44)40-24-10-5-6-11-25-48-39(31-12-8-7-9-13-31,32-15-20-35(45-3)21-16-32)33-17-22-36(46-4)23-18-33/h7-9,12-23,26H,5-6,10-11,24-25,27H2,1-4H3,(H,40,44)(H,41,42). The van der Waals surface area contributed by atoms with E-state index in [1.54, 1.807) is 32.4 Å². The van der Waals surface area contributed by atoms with Gasteiger partial charge in [0.1, 0.15) is 23.7 Å². The summed E-state index contributed by atoms with van der Waals surface area (Å²) in [6, 6.07) is 31.1. The SMILES string of the molecule is COc1ccc(C(OCCCCCCNC(=O)c2cc(NC(C)=O)ccc2COC(C)=O)(c2ccccc2)c2ccc(OC)cc2)cc1. The highest BCUT2D eigenvalue weighted by atomic mass is 16.5. The molecule has 0 saturated heterocycles. The maximum absolute atomic E-state index is 13.1. The molecule has 0 heterocycles. The lowest BCUT2D eigenvalue weighted by molar-refractivity contribution is -0.142. The van der Waals surface area contributed by atoms with E-state index < -0.39 is 11.6 Å². The van der Waals surface area contributed by atoms with Gasteiger partial charge in [0.25, 0.3) is 5.91 Å². The zero-order valence-corrected chi connectivity index (χ0v) is 28.0. The van der Waals surface area contributed by atoms with Gasteiger partial charge in [0.2, 0.25) is 5.91 Å². The third-order valence-corrected chi connectivity index (χ3v) is 7.95. The van der Waals surface area contributed by atoms with Crippen LogP contribution in [0.4, 0.5) is 5.69 Å². The lowest BCUT2D eigenvalue weighted by Crippen LogP contribution is -2.33. The van der Waals surface area contributed by atoms with Crippen LogP contribution in [0.5, 0.6) is 11.5 Å². The Morgan fingerprint density at radius 3 is 1.83 bits per heavy atom. The predicted octanol–water partition coefficient (Wildman–Crippen LogP) is 7.02. The van der Waals surface area contributed by atoms with E-state index >= 15 is 0 Å². The van der Waals surface area contributed by atoms with Crippen LogP contribution >= 0.6 is 0 Å². The molecule has 4 aromatic carbocycles. The van der Waals surface area contributed by atoms with Crippen molar-refractivity contribution in [1.29, 1.82) is 0 Å². The summed E-state index contributed by atoms with van der Waals surface area (Å²) in [5.74, 6) is 0.559. The lowest BCUT2D eigenvalue weighted by Gasteiger charge is -2.36. The fraction of sp³-hybridized carbons (Fsp3) is 0.308. The lowest BCUT2D eigenvalue weighted by atomic mass is 9.80. The average molecular weight is 653 g/mol. The Hall–Kier alpha value is -5.15. The minimum atomic E-state index is -0.858. The third kappa shape index (κ3) is 9.45. The van der Waals surface area contributed by atoms with Crippen molar-refractivity contribution in [2.45, 2.75) is 51.7 Å². The number of carbonyl (C=O) groups is 3. The second-order valence-electron chi connectivity index (χ2n) is 11.4. The molecule has 2 N–H and O–H groups in total. The van der Waals surface area contributed by atoms with Crippen molar-refractivity contribution in [3.05, 3.63) is 125 Å². The number of rotatable bonds is 17. The predicted molar refractivity (Wildman–Crippen MR) is 185 cm³/mol. The molecule has 4 aromatic rings. The summed E-state index contributed by atoms with van der Waals surface area (Å²) in [5.41, 5.74) is 3.53. The fourth-order valence-electron chi connectivity index (χ4n) is 5.55. The topological polar surface area (TPSA) is 112 Å². The van der Waals surface area contributed by atoms with Gasteiger partial charge in [0, 0.05) is 43.8 Å². The highest BCUT2D eigenvalue weighted by Crippen LogP contribution is 2.41. The van der Waals surface area contributed by atoms with Gasteiger partial charge in [-0.3, -0.25) is 14.4 Å². The summed E-state index contributed by atoms with van der Waals surface area (Å²) in [6.45, 7) is 3.67. The first-order chi connectivity index (χ1) is 23.3. The van der Waals surface area contributed by atoms with E-state index in [0.29, 0.717) is 30.0 Å². The average Bonchev–Trinajstić information content (AvgIpc) is 3.10. The number of anilines is 1. The van der Waals surface area contributed by atoms with Crippen molar-refractivity contribution in [3.63, 3.8) is 0 Å². The highest BCUT2D eigenvalue weighted by Gasteiger charge is 2.37. The first-order valence-electron chi connectivity index (χ1n) is 16.1. The molecule has 252 valence electrons. The Labute approximate surface area is 282 Å². The van der Waals surface area contributed by atoms with Gasteiger partial charge in [-0.15, -0.1) is 0 Å². The molecule has 9 nitrogen and oxygen atoms in total. The first kappa shape index (κ1) is 35.7. The molecule has 9 heteroatoms. The molecule has 0 atom stereocenters. The van der Waals surface area contributed by atoms with E-state index in [1.807, 2.05) is 66.7 Å². The van der Waals surface area contributed by atoms with Crippen molar-refractivity contribution < 1.29 is 33.3 Å². The Kier molecular flexibility index (Phi) is 13.1. The molecular formula is C39H44N2O7. The van der Waals surface area contributed by atoms with Crippen molar-refractivity contribution in [2.75, 3.05) is 32.7 Å². The van der Waals surface area contributed by atoms with Gasteiger partial charge in [-0.2, -0.15) is 0 Å². The van der Waals surface area contributed by atoms with Crippen LogP contribution in [-0.4, -0.2) is 45.2 Å². The summed E-state index contributed by atoms with van der Waals surface area (Å²) < 4.78 is 22.9. The second-order valence-corrected chi connectivity index (χ2v) is 11.4. The van der Waals surface area contributed by atoms with E-state index in [1.165, 1.54) is 13.8 Å². The molecule has 0 saturated carbocycles. The van der Waals surface area contributed by atoms with Crippen LogP contribution in [0.3, 0.4) is 0 Å². The van der Waals surface area contributed by atoms with Crippen molar-refractivity contribution in [2.24, 2.45) is 0 Å². The largest absolute Gasteiger partial charge is 0.497 e. The van der Waals surface area contributed by atoms with Gasteiger partial charge in [0.05, 0.1) is 14.2 Å². The van der Waals surface area contributed by atoms with E-state index in [0.717, 1.165) is 53.9 Å². The summed E-state index contributed by atoms with van der Waals surface area (Å²) in [6.07, 6.45) is 3.39. The maximum atomic E-state index is 13.1. The smallest absolute Gasteiger partial charge is 0.302 e. The summed E-state index contributed by atoms with van der Waals surface area (Å²) in [7, 11) is 3.30. The minimum Gasteiger partial charge on any atom is -0.497 e. The Balaban J connectivity index is 1.39. The quantitative estimate of drug-likeness (QED) is 0.0716. The number of ether oxygens (including phenoxy) is 4. The second kappa shape index (κ2) is 17.7. The van der Waals surface area contributed by atoms with Gasteiger partial charge in [0.15, 0.2) is 0 Å². The van der Waals surface area contributed by atoms with Crippen LogP contribution < -0.4 is 20.1 Å². The zero-order chi connectivity index (χ0) is 34.4. The molecule has 0 aliphatic rings. The van der Waals surface area contributed by atoms with Gasteiger partial charge < -0.3 is 29.6 Å². The van der Waals surface area contributed by atoms with Crippen molar-refractivity contribution in [3.8, 4) is 11.5 Å². The molecule has 0 aliphatic carbocycles. The normalized spacial score (nSPS) is 11.0. The molecule has 0 fully saturated rings. The molecule has 48 heavy (non-hydrogen) atoms. The van der Waals surface area contributed by atoms with E-state index in [4.69, 9.17) is 18.9 Å². The number of hydrogen-bond donors (Lipinski definition) is 2. The maximum Gasteiger partial charge on any atom is 0.302 e. The van der Waals surface area contributed by atoms with Gasteiger partial charge in [-0.1, -0.05) is 73.5 Å². The summed E-state index contributed by atoms with van der Waals surface area (Å²) in [5, 5.41) is 5.65. The van der Waals surface area contributed by atoms with Crippen LogP contribution in [-0.2, 0) is 31.3 Å². The van der Waals surface area contributed by atoms with Crippen LogP contribution in [0.15, 0.2) is 97.1 Å². The molecule has 0 aromatic heterocycles. The number of amides is 2. The van der Waals surface area contributed by atoms with E-state index in [2.05, 4.69) is 22.8 Å². The number of nitrogens with one attached hydrogen (secondary N) is 2. The van der Waals surface area contributed by atoms with Crippen molar-refractivity contribution >= 4 is 23.5 Å². The Bertz CT molecular complexity index is 1590. The minimum absolute atomic E-state index is 0.0318. The van der Waals surface area contributed by atoms with Gasteiger partial charge in [-0.25, -0.2) is 0 Å². The summed E-state index contributed by atoms with van der Waals surface area (Å²) in [4.78, 5) is 36.0. The van der Waals surface area contributed by atoms with Crippen molar-refractivity contribution in [1.82, 2.24) is 5.32 Å².